The van der Waals surface area contributed by atoms with Gasteiger partial charge in [0, 0.05) is 0 Å². The zero-order valence-corrected chi connectivity index (χ0v) is 8.14. The molecular formula is C7H13BrO2. The molecule has 0 aliphatic heterocycles. The van der Waals surface area contributed by atoms with Crippen LogP contribution in [-0.2, 0) is 9.53 Å². The normalized spacial score (nSPS) is 16.0. The number of esters is 1. The van der Waals surface area contributed by atoms with Crippen molar-refractivity contribution in [3.8, 4) is 0 Å². The van der Waals surface area contributed by atoms with Gasteiger partial charge in [-0.1, -0.05) is 13.8 Å². The molecular weight excluding hydrogens is 196 g/mol. The molecule has 0 spiro atoms. The van der Waals surface area contributed by atoms with E-state index < -0.39 is 0 Å². The lowest BCUT2D eigenvalue weighted by molar-refractivity contribution is -0.148. The number of carbonyl (C=O) groups is 1. The van der Waals surface area contributed by atoms with Crippen LogP contribution in [0.15, 0.2) is 0 Å². The van der Waals surface area contributed by atoms with Crippen molar-refractivity contribution in [3.05, 3.63) is 0 Å². The highest BCUT2D eigenvalue weighted by Gasteiger charge is 2.13. The summed E-state index contributed by atoms with van der Waals surface area (Å²) >= 11 is 3.13. The summed E-state index contributed by atoms with van der Waals surface area (Å²) in [5.41, 5.74) is 0. The Morgan fingerprint density at radius 3 is 2.40 bits per heavy atom. The predicted octanol–water partition coefficient (Wildman–Crippen LogP) is 2.32. The molecule has 0 fully saturated rings. The lowest BCUT2D eigenvalue weighted by Gasteiger charge is -2.10. The maximum Gasteiger partial charge on any atom is 0.309 e. The van der Waals surface area contributed by atoms with Crippen LogP contribution in [0, 0.1) is 5.92 Å². The minimum Gasteiger partial charge on any atom is -0.451 e. The highest BCUT2D eigenvalue weighted by atomic mass is 79.9. The Morgan fingerprint density at radius 2 is 2.10 bits per heavy atom. The SMILES string of the molecule is CCC(C)C(=O)OC(C)Br. The van der Waals surface area contributed by atoms with E-state index in [4.69, 9.17) is 4.74 Å². The first kappa shape index (κ1) is 9.95. The molecule has 0 aromatic rings. The third-order valence-corrected chi connectivity index (χ3v) is 1.48. The van der Waals surface area contributed by atoms with Crippen LogP contribution >= 0.6 is 15.9 Å². The van der Waals surface area contributed by atoms with E-state index in [9.17, 15) is 4.79 Å². The number of alkyl halides is 1. The van der Waals surface area contributed by atoms with Crippen molar-refractivity contribution in [2.75, 3.05) is 0 Å². The van der Waals surface area contributed by atoms with Crippen LogP contribution in [0.4, 0.5) is 0 Å². The average Bonchev–Trinajstić information content (AvgIpc) is 1.85. The maximum absolute atomic E-state index is 10.9. The van der Waals surface area contributed by atoms with Gasteiger partial charge >= 0.3 is 5.97 Å². The van der Waals surface area contributed by atoms with Gasteiger partial charge < -0.3 is 4.74 Å². The number of halogens is 1. The first-order valence-corrected chi connectivity index (χ1v) is 4.34. The molecule has 3 heteroatoms. The highest BCUT2D eigenvalue weighted by molar-refractivity contribution is 9.09. The van der Waals surface area contributed by atoms with Gasteiger partial charge in [0.2, 0.25) is 0 Å². The summed E-state index contributed by atoms with van der Waals surface area (Å²) in [4.78, 5) is 10.9. The monoisotopic (exact) mass is 208 g/mol. The van der Waals surface area contributed by atoms with Crippen LogP contribution in [-0.4, -0.2) is 11.0 Å². The second-order valence-electron chi connectivity index (χ2n) is 2.29. The fraction of sp³-hybridized carbons (Fsp3) is 0.857. The van der Waals surface area contributed by atoms with Crippen molar-refractivity contribution < 1.29 is 9.53 Å². The third-order valence-electron chi connectivity index (χ3n) is 1.29. The van der Waals surface area contributed by atoms with E-state index in [1.165, 1.54) is 0 Å². The molecule has 2 unspecified atom stereocenters. The number of hydrogen-bond donors (Lipinski definition) is 0. The van der Waals surface area contributed by atoms with Crippen LogP contribution in [0.2, 0.25) is 0 Å². The van der Waals surface area contributed by atoms with Gasteiger partial charge in [-0.2, -0.15) is 0 Å². The second kappa shape index (κ2) is 4.72. The summed E-state index contributed by atoms with van der Waals surface area (Å²) in [6.07, 6.45) is 0.832. The number of carbonyl (C=O) groups excluding carboxylic acids is 1. The standard InChI is InChI=1S/C7H13BrO2/c1-4-5(2)7(9)10-6(3)8/h5-6H,4H2,1-3H3. The Hall–Kier alpha value is -0.0500. The van der Waals surface area contributed by atoms with E-state index >= 15 is 0 Å². The Morgan fingerprint density at radius 1 is 1.60 bits per heavy atom. The van der Waals surface area contributed by atoms with Crippen LogP contribution < -0.4 is 0 Å². The van der Waals surface area contributed by atoms with Crippen molar-refractivity contribution in [1.82, 2.24) is 0 Å². The van der Waals surface area contributed by atoms with Crippen molar-refractivity contribution in [3.63, 3.8) is 0 Å². The fourth-order valence-electron chi connectivity index (χ4n) is 0.443. The summed E-state index contributed by atoms with van der Waals surface area (Å²) < 4.78 is 4.88. The van der Waals surface area contributed by atoms with Gasteiger partial charge in [-0.3, -0.25) is 4.79 Å². The number of rotatable bonds is 3. The van der Waals surface area contributed by atoms with Gasteiger partial charge in [-0.05, 0) is 29.3 Å². The van der Waals surface area contributed by atoms with Gasteiger partial charge in [-0.15, -0.1) is 0 Å². The fourth-order valence-corrected chi connectivity index (χ4v) is 0.627. The van der Waals surface area contributed by atoms with Crippen LogP contribution in [0.1, 0.15) is 27.2 Å². The van der Waals surface area contributed by atoms with Gasteiger partial charge in [0.1, 0.15) is 0 Å². The molecule has 0 saturated carbocycles. The summed E-state index contributed by atoms with van der Waals surface area (Å²) in [6.45, 7) is 5.60. The number of hydrogen-bond acceptors (Lipinski definition) is 2. The first-order valence-electron chi connectivity index (χ1n) is 3.42. The van der Waals surface area contributed by atoms with Crippen LogP contribution in [0.5, 0.6) is 0 Å². The lowest BCUT2D eigenvalue weighted by atomic mass is 10.1. The van der Waals surface area contributed by atoms with E-state index in [2.05, 4.69) is 15.9 Å². The molecule has 0 rings (SSSR count). The van der Waals surface area contributed by atoms with Gasteiger partial charge in [0.25, 0.3) is 0 Å². The zero-order chi connectivity index (χ0) is 8.15. The summed E-state index contributed by atoms with van der Waals surface area (Å²) in [6, 6.07) is 0. The van der Waals surface area contributed by atoms with Gasteiger partial charge in [0.05, 0.1) is 5.92 Å². The lowest BCUT2D eigenvalue weighted by Crippen LogP contribution is -2.16. The smallest absolute Gasteiger partial charge is 0.309 e. The summed E-state index contributed by atoms with van der Waals surface area (Å²) in [5, 5.41) is -0.172. The molecule has 0 N–H and O–H groups in total. The Labute approximate surface area is 70.1 Å². The minimum atomic E-state index is -0.172. The molecule has 0 aliphatic carbocycles. The Kier molecular flexibility index (Phi) is 4.69. The maximum atomic E-state index is 10.9. The minimum absolute atomic E-state index is 0.0139. The molecule has 2 atom stereocenters. The molecule has 0 saturated heterocycles. The van der Waals surface area contributed by atoms with E-state index in [0.29, 0.717) is 0 Å². The van der Waals surface area contributed by atoms with Crippen LogP contribution in [0.3, 0.4) is 0 Å². The summed E-state index contributed by atoms with van der Waals surface area (Å²) in [7, 11) is 0. The van der Waals surface area contributed by atoms with E-state index in [1.807, 2.05) is 13.8 Å². The van der Waals surface area contributed by atoms with E-state index in [1.54, 1.807) is 6.92 Å². The average molecular weight is 209 g/mol. The van der Waals surface area contributed by atoms with Crippen LogP contribution in [0.25, 0.3) is 0 Å². The molecule has 0 radical (unpaired) electrons. The molecule has 0 amide bonds. The molecule has 0 aromatic heterocycles. The van der Waals surface area contributed by atoms with Crippen molar-refractivity contribution in [2.24, 2.45) is 5.92 Å². The third kappa shape index (κ3) is 3.88. The van der Waals surface area contributed by atoms with E-state index in [0.717, 1.165) is 6.42 Å². The molecule has 2 nitrogen and oxygen atoms in total. The second-order valence-corrected chi connectivity index (χ2v) is 3.58. The molecule has 60 valence electrons. The quantitative estimate of drug-likeness (QED) is 0.526. The summed E-state index contributed by atoms with van der Waals surface area (Å²) in [5.74, 6) is -0.119. The first-order chi connectivity index (χ1) is 4.57. The van der Waals surface area contributed by atoms with Gasteiger partial charge in [0.15, 0.2) is 5.01 Å². The predicted molar refractivity (Wildman–Crippen MR) is 43.9 cm³/mol. The topological polar surface area (TPSA) is 26.3 Å². The van der Waals surface area contributed by atoms with E-state index in [-0.39, 0.29) is 16.9 Å². The molecule has 10 heavy (non-hydrogen) atoms. The largest absolute Gasteiger partial charge is 0.451 e. The van der Waals surface area contributed by atoms with Gasteiger partial charge in [-0.25, -0.2) is 0 Å². The molecule has 0 aromatic carbocycles. The van der Waals surface area contributed by atoms with Crippen molar-refractivity contribution in [1.29, 1.82) is 0 Å². The van der Waals surface area contributed by atoms with Crippen molar-refractivity contribution >= 4 is 21.9 Å². The zero-order valence-electron chi connectivity index (χ0n) is 6.56. The van der Waals surface area contributed by atoms with Crippen molar-refractivity contribution in [2.45, 2.75) is 32.2 Å². The molecule has 0 aliphatic rings. The molecule has 0 heterocycles. The Balaban J connectivity index is 3.62. The number of ether oxygens (including phenoxy) is 1. The highest BCUT2D eigenvalue weighted by Crippen LogP contribution is 2.08. The Bertz CT molecular complexity index is 112. The molecule has 0 bridgehead atoms.